The standard InChI is InChI=1S/C12H6BrCl2N5O/c13-7-1-2-9(8(14)5-7)21-12-18-10(15)17-11(19-12)20-4-3-16-6-20/h1-6H. The van der Waals surface area contributed by atoms with Gasteiger partial charge in [-0.3, -0.25) is 4.57 Å². The zero-order chi connectivity index (χ0) is 14.8. The zero-order valence-electron chi connectivity index (χ0n) is 10.2. The third-order valence-corrected chi connectivity index (χ3v) is 3.36. The Labute approximate surface area is 137 Å². The minimum Gasteiger partial charge on any atom is -0.423 e. The molecule has 0 aliphatic carbocycles. The quantitative estimate of drug-likeness (QED) is 0.682. The summed E-state index contributed by atoms with van der Waals surface area (Å²) in [7, 11) is 0. The van der Waals surface area contributed by atoms with Gasteiger partial charge in [-0.25, -0.2) is 4.98 Å². The first kappa shape index (κ1) is 14.2. The third-order valence-electron chi connectivity index (χ3n) is 2.41. The predicted octanol–water partition coefficient (Wildman–Crippen LogP) is 3.92. The maximum Gasteiger partial charge on any atom is 0.328 e. The molecule has 0 amide bonds. The van der Waals surface area contributed by atoms with Crippen LogP contribution in [-0.4, -0.2) is 24.5 Å². The summed E-state index contributed by atoms with van der Waals surface area (Å²) in [5, 5.41) is 0.432. The molecular formula is C12H6BrCl2N5O. The van der Waals surface area contributed by atoms with Gasteiger partial charge in [0.15, 0.2) is 0 Å². The summed E-state index contributed by atoms with van der Waals surface area (Å²) in [5.74, 6) is 0.717. The highest BCUT2D eigenvalue weighted by atomic mass is 79.9. The van der Waals surface area contributed by atoms with Crippen molar-refractivity contribution in [1.29, 1.82) is 0 Å². The monoisotopic (exact) mass is 385 g/mol. The van der Waals surface area contributed by atoms with Crippen molar-refractivity contribution in [2.45, 2.75) is 0 Å². The fourth-order valence-corrected chi connectivity index (χ4v) is 2.38. The molecule has 3 aromatic rings. The van der Waals surface area contributed by atoms with Crippen LogP contribution in [0.1, 0.15) is 0 Å². The van der Waals surface area contributed by atoms with E-state index in [1.165, 1.54) is 0 Å². The van der Waals surface area contributed by atoms with Gasteiger partial charge in [0.25, 0.3) is 0 Å². The molecule has 0 saturated heterocycles. The number of nitrogens with zero attached hydrogens (tertiary/aromatic N) is 5. The second kappa shape index (κ2) is 5.97. The van der Waals surface area contributed by atoms with Crippen LogP contribution in [0.25, 0.3) is 5.95 Å². The third kappa shape index (κ3) is 3.31. The van der Waals surface area contributed by atoms with E-state index in [-0.39, 0.29) is 11.3 Å². The number of benzene rings is 1. The van der Waals surface area contributed by atoms with Crippen LogP contribution in [0.15, 0.2) is 41.4 Å². The lowest BCUT2D eigenvalue weighted by atomic mass is 10.3. The Bertz CT molecular complexity index is 781. The van der Waals surface area contributed by atoms with Crippen LogP contribution in [0.4, 0.5) is 0 Å². The molecule has 2 aromatic heterocycles. The first-order valence-corrected chi connectivity index (χ1v) is 7.19. The molecule has 0 bridgehead atoms. The van der Waals surface area contributed by atoms with Gasteiger partial charge in [0.1, 0.15) is 12.1 Å². The molecule has 0 fully saturated rings. The van der Waals surface area contributed by atoms with Crippen LogP contribution in [0.5, 0.6) is 11.8 Å². The van der Waals surface area contributed by atoms with Crippen molar-refractivity contribution in [3.8, 4) is 17.7 Å². The highest BCUT2D eigenvalue weighted by molar-refractivity contribution is 9.10. The Balaban J connectivity index is 1.95. The fraction of sp³-hybridized carbons (Fsp3) is 0. The molecule has 3 rings (SSSR count). The average molecular weight is 387 g/mol. The number of halogens is 3. The van der Waals surface area contributed by atoms with Gasteiger partial charge in [-0.15, -0.1) is 0 Å². The van der Waals surface area contributed by atoms with Gasteiger partial charge in [0, 0.05) is 16.9 Å². The van der Waals surface area contributed by atoms with E-state index >= 15 is 0 Å². The Kier molecular flexibility index (Phi) is 4.05. The lowest BCUT2D eigenvalue weighted by Gasteiger charge is -2.07. The van der Waals surface area contributed by atoms with E-state index in [0.717, 1.165) is 4.47 Å². The largest absolute Gasteiger partial charge is 0.423 e. The molecule has 0 aliphatic rings. The fourth-order valence-electron chi connectivity index (χ4n) is 1.52. The van der Waals surface area contributed by atoms with E-state index < -0.39 is 0 Å². The van der Waals surface area contributed by atoms with Crippen LogP contribution in [0, 0.1) is 0 Å². The number of aromatic nitrogens is 5. The molecule has 0 atom stereocenters. The Morgan fingerprint density at radius 1 is 1.14 bits per heavy atom. The van der Waals surface area contributed by atoms with Crippen molar-refractivity contribution >= 4 is 39.1 Å². The topological polar surface area (TPSA) is 65.7 Å². The van der Waals surface area contributed by atoms with Crippen LogP contribution < -0.4 is 4.74 Å². The number of imidazole rings is 1. The summed E-state index contributed by atoms with van der Waals surface area (Å²) in [6.07, 6.45) is 4.83. The molecule has 21 heavy (non-hydrogen) atoms. The molecule has 0 unspecified atom stereocenters. The normalized spacial score (nSPS) is 10.6. The first-order chi connectivity index (χ1) is 10.1. The lowest BCUT2D eigenvalue weighted by Crippen LogP contribution is -2.03. The molecule has 2 heterocycles. The minimum atomic E-state index is 0.0111. The van der Waals surface area contributed by atoms with Gasteiger partial charge in [0.2, 0.25) is 11.2 Å². The first-order valence-electron chi connectivity index (χ1n) is 5.64. The molecular weight excluding hydrogens is 381 g/mol. The van der Waals surface area contributed by atoms with Crippen molar-refractivity contribution in [3.05, 3.63) is 51.7 Å². The SMILES string of the molecule is Clc1nc(Oc2ccc(Br)cc2Cl)nc(-n2ccnc2)n1. The molecule has 106 valence electrons. The summed E-state index contributed by atoms with van der Waals surface area (Å²) >= 11 is 15.3. The van der Waals surface area contributed by atoms with Crippen molar-refractivity contribution in [3.63, 3.8) is 0 Å². The Hall–Kier alpha value is -1.70. The molecule has 1 aromatic carbocycles. The van der Waals surface area contributed by atoms with Crippen LogP contribution in [-0.2, 0) is 0 Å². The van der Waals surface area contributed by atoms with E-state index in [1.807, 2.05) is 0 Å². The molecule has 0 spiro atoms. The summed E-state index contributed by atoms with van der Waals surface area (Å²) < 4.78 is 7.98. The predicted molar refractivity (Wildman–Crippen MR) is 81.2 cm³/mol. The molecule has 0 aliphatic heterocycles. The van der Waals surface area contributed by atoms with Gasteiger partial charge in [-0.2, -0.15) is 15.0 Å². The van der Waals surface area contributed by atoms with Gasteiger partial charge in [-0.1, -0.05) is 27.5 Å². The minimum absolute atomic E-state index is 0.0111. The van der Waals surface area contributed by atoms with Crippen LogP contribution >= 0.6 is 39.1 Å². The molecule has 6 nitrogen and oxygen atoms in total. The molecule has 9 heteroatoms. The summed E-state index contributed by atoms with van der Waals surface area (Å²) in [6, 6.07) is 5.24. The number of ether oxygens (including phenoxy) is 1. The van der Waals surface area contributed by atoms with Crippen LogP contribution in [0.2, 0.25) is 10.3 Å². The van der Waals surface area contributed by atoms with Crippen LogP contribution in [0.3, 0.4) is 0 Å². The summed E-state index contributed by atoms with van der Waals surface area (Å²) in [4.78, 5) is 16.0. The molecule has 0 N–H and O–H groups in total. The molecule has 0 radical (unpaired) electrons. The van der Waals surface area contributed by atoms with E-state index in [9.17, 15) is 0 Å². The lowest BCUT2D eigenvalue weighted by molar-refractivity contribution is 0.438. The van der Waals surface area contributed by atoms with Crippen molar-refractivity contribution in [1.82, 2.24) is 24.5 Å². The highest BCUT2D eigenvalue weighted by Crippen LogP contribution is 2.30. The van der Waals surface area contributed by atoms with Gasteiger partial charge in [-0.05, 0) is 29.8 Å². The average Bonchev–Trinajstić information content (AvgIpc) is 2.95. The van der Waals surface area contributed by atoms with Crippen molar-refractivity contribution < 1.29 is 4.74 Å². The van der Waals surface area contributed by atoms with E-state index in [4.69, 9.17) is 27.9 Å². The van der Waals surface area contributed by atoms with Crippen molar-refractivity contribution in [2.24, 2.45) is 0 Å². The van der Waals surface area contributed by atoms with Gasteiger partial charge in [0.05, 0.1) is 5.02 Å². The van der Waals surface area contributed by atoms with Crippen molar-refractivity contribution in [2.75, 3.05) is 0 Å². The summed E-state index contributed by atoms with van der Waals surface area (Å²) in [6.45, 7) is 0. The van der Waals surface area contributed by atoms with E-state index in [1.54, 1.807) is 41.5 Å². The highest BCUT2D eigenvalue weighted by Gasteiger charge is 2.10. The van der Waals surface area contributed by atoms with Gasteiger partial charge >= 0.3 is 6.01 Å². The second-order valence-electron chi connectivity index (χ2n) is 3.83. The van der Waals surface area contributed by atoms with Gasteiger partial charge < -0.3 is 4.74 Å². The number of rotatable bonds is 3. The number of hydrogen-bond acceptors (Lipinski definition) is 5. The van der Waals surface area contributed by atoms with E-state index in [0.29, 0.717) is 16.7 Å². The Morgan fingerprint density at radius 2 is 2.00 bits per heavy atom. The Morgan fingerprint density at radius 3 is 2.71 bits per heavy atom. The number of hydrogen-bond donors (Lipinski definition) is 0. The summed E-state index contributed by atoms with van der Waals surface area (Å²) in [5.41, 5.74) is 0. The second-order valence-corrected chi connectivity index (χ2v) is 5.49. The maximum absolute atomic E-state index is 6.08. The molecule has 0 saturated carbocycles. The zero-order valence-corrected chi connectivity index (χ0v) is 13.3. The maximum atomic E-state index is 6.08. The van der Waals surface area contributed by atoms with E-state index in [2.05, 4.69) is 35.9 Å². The smallest absolute Gasteiger partial charge is 0.328 e.